The molecule has 0 aromatic heterocycles. The Morgan fingerprint density at radius 2 is 2.05 bits per heavy atom. The Labute approximate surface area is 116 Å². The van der Waals surface area contributed by atoms with E-state index in [-0.39, 0.29) is 17.2 Å². The predicted molar refractivity (Wildman–Crippen MR) is 71.3 cm³/mol. The fourth-order valence-corrected chi connectivity index (χ4v) is 2.06. The van der Waals surface area contributed by atoms with Gasteiger partial charge in [0.05, 0.1) is 19.8 Å². The van der Waals surface area contributed by atoms with E-state index in [2.05, 4.69) is 0 Å². The topological polar surface area (TPSA) is 76.1 Å². The van der Waals surface area contributed by atoms with Crippen molar-refractivity contribution in [2.45, 2.75) is 6.92 Å². The monoisotopic (exact) mass is 279 g/mol. The Morgan fingerprint density at radius 3 is 2.65 bits per heavy atom. The third-order valence-corrected chi connectivity index (χ3v) is 3.06. The van der Waals surface area contributed by atoms with Gasteiger partial charge in [-0.2, -0.15) is 0 Å². The summed E-state index contributed by atoms with van der Waals surface area (Å²) in [5.74, 6) is -0.982. The van der Waals surface area contributed by atoms with E-state index in [4.69, 9.17) is 14.6 Å². The minimum Gasteiger partial charge on any atom is -0.493 e. The number of carboxylic acid groups (broad SMARTS) is 1. The third kappa shape index (κ3) is 3.08. The molecule has 0 spiro atoms. The smallest absolute Gasteiger partial charge is 0.339 e. The molecule has 1 heterocycles. The summed E-state index contributed by atoms with van der Waals surface area (Å²) in [7, 11) is 0. The summed E-state index contributed by atoms with van der Waals surface area (Å²) < 4.78 is 10.5. The molecule has 0 aliphatic carbocycles. The number of benzene rings is 1. The highest BCUT2D eigenvalue weighted by molar-refractivity contribution is 5.97. The normalized spacial score (nSPS) is 14.9. The van der Waals surface area contributed by atoms with Gasteiger partial charge >= 0.3 is 5.97 Å². The van der Waals surface area contributed by atoms with Crippen molar-refractivity contribution in [1.82, 2.24) is 4.90 Å². The average Bonchev–Trinajstić information content (AvgIpc) is 2.47. The number of carbonyl (C=O) groups excluding carboxylic acids is 1. The number of carboxylic acids is 1. The Balaban J connectivity index is 2.25. The Bertz CT molecular complexity index is 508. The first-order valence-corrected chi connectivity index (χ1v) is 6.50. The number of amides is 1. The van der Waals surface area contributed by atoms with Gasteiger partial charge in [0.1, 0.15) is 11.3 Å². The lowest BCUT2D eigenvalue weighted by atomic mass is 10.1. The summed E-state index contributed by atoms with van der Waals surface area (Å²) in [6.45, 7) is 4.25. The van der Waals surface area contributed by atoms with E-state index in [1.165, 1.54) is 18.2 Å². The molecule has 108 valence electrons. The lowest BCUT2D eigenvalue weighted by molar-refractivity contribution is 0.0302. The van der Waals surface area contributed by atoms with Crippen LogP contribution in [0.25, 0.3) is 0 Å². The van der Waals surface area contributed by atoms with Crippen LogP contribution in [0.3, 0.4) is 0 Å². The second-order valence-electron chi connectivity index (χ2n) is 4.35. The molecular weight excluding hydrogens is 262 g/mol. The molecule has 1 aliphatic heterocycles. The van der Waals surface area contributed by atoms with E-state index >= 15 is 0 Å². The van der Waals surface area contributed by atoms with Crippen LogP contribution in [0.2, 0.25) is 0 Å². The van der Waals surface area contributed by atoms with E-state index < -0.39 is 5.97 Å². The zero-order valence-electron chi connectivity index (χ0n) is 11.3. The molecule has 0 unspecified atom stereocenters. The van der Waals surface area contributed by atoms with Gasteiger partial charge in [-0.3, -0.25) is 4.79 Å². The second-order valence-corrected chi connectivity index (χ2v) is 4.35. The van der Waals surface area contributed by atoms with Crippen LogP contribution in [0.1, 0.15) is 27.6 Å². The molecule has 1 amide bonds. The molecule has 0 saturated carbocycles. The zero-order valence-corrected chi connectivity index (χ0v) is 11.3. The van der Waals surface area contributed by atoms with Gasteiger partial charge in [0.2, 0.25) is 0 Å². The van der Waals surface area contributed by atoms with Crippen LogP contribution in [0, 0.1) is 0 Å². The van der Waals surface area contributed by atoms with Crippen molar-refractivity contribution >= 4 is 11.9 Å². The second kappa shape index (κ2) is 6.38. The molecule has 1 aromatic rings. The van der Waals surface area contributed by atoms with E-state index in [1.807, 2.05) is 0 Å². The van der Waals surface area contributed by atoms with E-state index in [9.17, 15) is 9.59 Å². The number of nitrogens with zero attached hydrogens (tertiary/aromatic N) is 1. The van der Waals surface area contributed by atoms with Crippen molar-refractivity contribution in [3.63, 3.8) is 0 Å². The fourth-order valence-electron chi connectivity index (χ4n) is 2.06. The summed E-state index contributed by atoms with van der Waals surface area (Å²) in [6, 6.07) is 4.41. The molecular formula is C14H17NO5. The Hall–Kier alpha value is -2.08. The van der Waals surface area contributed by atoms with E-state index in [1.54, 1.807) is 11.8 Å². The first-order valence-electron chi connectivity index (χ1n) is 6.50. The number of aromatic carboxylic acids is 1. The number of carbonyl (C=O) groups is 2. The minimum atomic E-state index is -1.07. The Morgan fingerprint density at radius 1 is 1.35 bits per heavy atom. The molecule has 0 radical (unpaired) electrons. The van der Waals surface area contributed by atoms with Crippen molar-refractivity contribution in [3.05, 3.63) is 29.3 Å². The lowest BCUT2D eigenvalue weighted by Crippen LogP contribution is -2.40. The fraction of sp³-hybridized carbons (Fsp3) is 0.429. The highest BCUT2D eigenvalue weighted by Gasteiger charge is 2.21. The van der Waals surface area contributed by atoms with Gasteiger partial charge in [-0.05, 0) is 25.1 Å². The van der Waals surface area contributed by atoms with Crippen molar-refractivity contribution in [3.8, 4) is 5.75 Å². The highest BCUT2D eigenvalue weighted by atomic mass is 16.5. The summed E-state index contributed by atoms with van der Waals surface area (Å²) in [5, 5.41) is 9.08. The number of ether oxygens (including phenoxy) is 2. The number of rotatable bonds is 4. The van der Waals surface area contributed by atoms with Gasteiger partial charge in [-0.25, -0.2) is 4.79 Å². The summed E-state index contributed by atoms with van der Waals surface area (Å²) in [6.07, 6.45) is 0. The molecule has 1 fully saturated rings. The maximum atomic E-state index is 12.3. The Kier molecular flexibility index (Phi) is 4.57. The molecule has 6 nitrogen and oxygen atoms in total. The van der Waals surface area contributed by atoms with Crippen LogP contribution >= 0.6 is 0 Å². The lowest BCUT2D eigenvalue weighted by Gasteiger charge is -2.27. The van der Waals surface area contributed by atoms with E-state index in [0.717, 1.165) is 0 Å². The van der Waals surface area contributed by atoms with Crippen LogP contribution in [0.4, 0.5) is 0 Å². The highest BCUT2D eigenvalue weighted by Crippen LogP contribution is 2.22. The summed E-state index contributed by atoms with van der Waals surface area (Å²) >= 11 is 0. The maximum Gasteiger partial charge on any atom is 0.339 e. The van der Waals surface area contributed by atoms with Gasteiger partial charge in [0, 0.05) is 18.7 Å². The van der Waals surface area contributed by atoms with Crippen molar-refractivity contribution in [1.29, 1.82) is 0 Å². The average molecular weight is 279 g/mol. The maximum absolute atomic E-state index is 12.3. The molecule has 0 atom stereocenters. The van der Waals surface area contributed by atoms with Crippen molar-refractivity contribution in [2.24, 2.45) is 0 Å². The van der Waals surface area contributed by atoms with Crippen molar-refractivity contribution < 1.29 is 24.2 Å². The van der Waals surface area contributed by atoms with Crippen LogP contribution in [-0.4, -0.2) is 54.8 Å². The SMILES string of the molecule is CCOc1cc(C(=O)N2CCOCC2)ccc1C(=O)O. The quantitative estimate of drug-likeness (QED) is 0.897. The van der Waals surface area contributed by atoms with Crippen LogP contribution in [0.15, 0.2) is 18.2 Å². The first-order chi connectivity index (χ1) is 9.63. The molecule has 1 aliphatic rings. The molecule has 2 rings (SSSR count). The van der Waals surface area contributed by atoms with Gasteiger partial charge < -0.3 is 19.5 Å². The molecule has 1 saturated heterocycles. The van der Waals surface area contributed by atoms with Gasteiger partial charge in [0.15, 0.2) is 0 Å². The molecule has 0 bridgehead atoms. The van der Waals surface area contributed by atoms with Crippen LogP contribution in [-0.2, 0) is 4.74 Å². The number of morpholine rings is 1. The summed E-state index contributed by atoms with van der Waals surface area (Å²) in [5.41, 5.74) is 0.491. The minimum absolute atomic E-state index is 0.0605. The summed E-state index contributed by atoms with van der Waals surface area (Å²) in [4.78, 5) is 25.1. The molecule has 1 aromatic carbocycles. The number of hydrogen-bond donors (Lipinski definition) is 1. The van der Waals surface area contributed by atoms with Crippen LogP contribution in [0.5, 0.6) is 5.75 Å². The van der Waals surface area contributed by atoms with Gasteiger partial charge in [-0.15, -0.1) is 0 Å². The van der Waals surface area contributed by atoms with E-state index in [0.29, 0.717) is 38.5 Å². The molecule has 20 heavy (non-hydrogen) atoms. The predicted octanol–water partition coefficient (Wildman–Crippen LogP) is 1.26. The van der Waals surface area contributed by atoms with Gasteiger partial charge in [0.25, 0.3) is 5.91 Å². The largest absolute Gasteiger partial charge is 0.493 e. The van der Waals surface area contributed by atoms with Crippen LogP contribution < -0.4 is 4.74 Å². The number of hydrogen-bond acceptors (Lipinski definition) is 4. The molecule has 6 heteroatoms. The first kappa shape index (κ1) is 14.3. The van der Waals surface area contributed by atoms with Gasteiger partial charge in [-0.1, -0.05) is 0 Å². The van der Waals surface area contributed by atoms with Crippen molar-refractivity contribution in [2.75, 3.05) is 32.9 Å². The zero-order chi connectivity index (χ0) is 14.5. The standard InChI is InChI=1S/C14H17NO5/c1-2-20-12-9-10(3-4-11(12)14(17)18)13(16)15-5-7-19-8-6-15/h3-4,9H,2,5-8H2,1H3,(H,17,18). The third-order valence-electron chi connectivity index (χ3n) is 3.06. The molecule has 1 N–H and O–H groups in total.